The van der Waals surface area contributed by atoms with Crippen molar-refractivity contribution >= 4 is 11.7 Å². The Hall–Kier alpha value is -2.29. The van der Waals surface area contributed by atoms with Crippen molar-refractivity contribution in [1.82, 2.24) is 10.2 Å². The van der Waals surface area contributed by atoms with Crippen molar-refractivity contribution in [2.75, 3.05) is 31.1 Å². The number of hydrogen-bond donors (Lipinski definition) is 1. The quantitative estimate of drug-likeness (QED) is 0.816. The number of anilines is 1. The van der Waals surface area contributed by atoms with Crippen LogP contribution >= 0.6 is 0 Å². The number of piperazine rings is 1. The Morgan fingerprint density at radius 1 is 1.37 bits per heavy atom. The fraction of sp³-hybridized carbons (Fsp3) is 0.385. The second-order valence-corrected chi connectivity index (χ2v) is 4.79. The molecule has 1 aromatic carbocycles. The van der Waals surface area contributed by atoms with E-state index >= 15 is 0 Å². The van der Waals surface area contributed by atoms with E-state index in [2.05, 4.69) is 5.32 Å². The standard InChI is InChI=1S/C13H13FN4O/c14-10-3-9(6-15)4-11(5-10)17-1-2-18-12(8-17)7-16-13(18)19/h3-5,12H,1-2,7-8H2,(H,16,19). The number of nitrogens with zero attached hydrogens (tertiary/aromatic N) is 3. The van der Waals surface area contributed by atoms with Crippen molar-refractivity contribution in [2.24, 2.45) is 0 Å². The summed E-state index contributed by atoms with van der Waals surface area (Å²) in [5.41, 5.74) is 1.02. The fourth-order valence-corrected chi connectivity index (χ4v) is 2.66. The zero-order chi connectivity index (χ0) is 13.4. The molecule has 0 saturated carbocycles. The van der Waals surface area contributed by atoms with Crippen molar-refractivity contribution in [3.8, 4) is 6.07 Å². The Balaban J connectivity index is 1.83. The van der Waals surface area contributed by atoms with Gasteiger partial charge in [-0.1, -0.05) is 0 Å². The number of carbonyl (C=O) groups excluding carboxylic acids is 1. The van der Waals surface area contributed by atoms with Crippen LogP contribution in [-0.4, -0.2) is 43.2 Å². The number of amides is 2. The normalized spacial score (nSPS) is 21.9. The molecule has 2 saturated heterocycles. The van der Waals surface area contributed by atoms with Gasteiger partial charge < -0.3 is 15.1 Å². The first-order valence-corrected chi connectivity index (χ1v) is 6.17. The highest BCUT2D eigenvalue weighted by atomic mass is 19.1. The van der Waals surface area contributed by atoms with Crippen LogP contribution in [0.4, 0.5) is 14.9 Å². The topological polar surface area (TPSA) is 59.4 Å². The average molecular weight is 260 g/mol. The van der Waals surface area contributed by atoms with Crippen LogP contribution in [0.3, 0.4) is 0 Å². The molecule has 98 valence electrons. The van der Waals surface area contributed by atoms with Crippen LogP contribution < -0.4 is 10.2 Å². The minimum absolute atomic E-state index is 0.0263. The number of nitriles is 1. The van der Waals surface area contributed by atoms with E-state index in [9.17, 15) is 9.18 Å². The number of benzene rings is 1. The molecule has 1 unspecified atom stereocenters. The molecule has 2 aliphatic heterocycles. The molecule has 2 fully saturated rings. The largest absolute Gasteiger partial charge is 0.367 e. The van der Waals surface area contributed by atoms with E-state index in [1.54, 1.807) is 11.0 Å². The predicted octanol–water partition coefficient (Wildman–Crippen LogP) is 0.911. The zero-order valence-electron chi connectivity index (χ0n) is 10.3. The van der Waals surface area contributed by atoms with Gasteiger partial charge in [-0.3, -0.25) is 0 Å². The third kappa shape index (κ3) is 2.08. The Morgan fingerprint density at radius 2 is 2.21 bits per heavy atom. The molecule has 3 rings (SSSR count). The molecular formula is C13H13FN4O. The molecule has 0 aromatic heterocycles. The lowest BCUT2D eigenvalue weighted by Crippen LogP contribution is -2.52. The summed E-state index contributed by atoms with van der Waals surface area (Å²) in [7, 11) is 0. The molecule has 0 aliphatic carbocycles. The lowest BCUT2D eigenvalue weighted by Gasteiger charge is -2.37. The van der Waals surface area contributed by atoms with Crippen LogP contribution in [0.15, 0.2) is 18.2 Å². The average Bonchev–Trinajstić information content (AvgIpc) is 2.79. The van der Waals surface area contributed by atoms with Gasteiger partial charge in [-0.05, 0) is 18.2 Å². The minimum Gasteiger partial charge on any atom is -0.367 e. The molecule has 2 amide bonds. The van der Waals surface area contributed by atoms with Crippen molar-refractivity contribution in [1.29, 1.82) is 5.26 Å². The van der Waals surface area contributed by atoms with E-state index in [0.717, 1.165) is 0 Å². The number of carbonyl (C=O) groups is 1. The summed E-state index contributed by atoms with van der Waals surface area (Å²) in [5.74, 6) is -0.405. The number of urea groups is 1. The van der Waals surface area contributed by atoms with Crippen molar-refractivity contribution in [3.05, 3.63) is 29.6 Å². The summed E-state index contributed by atoms with van der Waals surface area (Å²) in [6.07, 6.45) is 0. The number of hydrogen-bond acceptors (Lipinski definition) is 3. The van der Waals surface area contributed by atoms with Gasteiger partial charge in [0.2, 0.25) is 0 Å². The van der Waals surface area contributed by atoms with Gasteiger partial charge in [0.25, 0.3) is 0 Å². The monoisotopic (exact) mass is 260 g/mol. The molecule has 1 N–H and O–H groups in total. The lowest BCUT2D eigenvalue weighted by molar-refractivity contribution is 0.197. The van der Waals surface area contributed by atoms with Gasteiger partial charge in [0.1, 0.15) is 5.82 Å². The van der Waals surface area contributed by atoms with Crippen LogP contribution in [0, 0.1) is 17.1 Å². The molecule has 0 spiro atoms. The van der Waals surface area contributed by atoms with Gasteiger partial charge >= 0.3 is 6.03 Å². The van der Waals surface area contributed by atoms with E-state index in [-0.39, 0.29) is 12.1 Å². The van der Waals surface area contributed by atoms with Crippen molar-refractivity contribution in [3.63, 3.8) is 0 Å². The highest BCUT2D eigenvalue weighted by molar-refractivity contribution is 5.77. The highest BCUT2D eigenvalue weighted by Crippen LogP contribution is 2.23. The number of rotatable bonds is 1. The first kappa shape index (κ1) is 11.8. The minimum atomic E-state index is -0.405. The molecule has 0 radical (unpaired) electrons. The summed E-state index contributed by atoms with van der Waals surface area (Å²) in [5, 5.41) is 11.7. The summed E-state index contributed by atoms with van der Waals surface area (Å²) in [4.78, 5) is 15.3. The summed E-state index contributed by atoms with van der Waals surface area (Å²) in [6, 6.07) is 6.39. The van der Waals surface area contributed by atoms with Crippen molar-refractivity contribution < 1.29 is 9.18 Å². The van der Waals surface area contributed by atoms with Gasteiger partial charge in [-0.15, -0.1) is 0 Å². The van der Waals surface area contributed by atoms with Crippen LogP contribution in [0.1, 0.15) is 5.56 Å². The number of halogens is 1. The second kappa shape index (κ2) is 4.43. The third-order valence-electron chi connectivity index (χ3n) is 3.61. The molecule has 2 heterocycles. The Morgan fingerprint density at radius 3 is 3.00 bits per heavy atom. The Bertz CT molecular complexity index is 568. The van der Waals surface area contributed by atoms with E-state index in [4.69, 9.17) is 5.26 Å². The maximum Gasteiger partial charge on any atom is 0.317 e. The number of fused-ring (bicyclic) bond motifs is 1. The second-order valence-electron chi connectivity index (χ2n) is 4.79. The van der Waals surface area contributed by atoms with E-state index < -0.39 is 5.82 Å². The maximum atomic E-state index is 13.4. The molecule has 0 bridgehead atoms. The SMILES string of the molecule is N#Cc1cc(F)cc(N2CCN3C(=O)NCC3C2)c1. The maximum absolute atomic E-state index is 13.4. The molecular weight excluding hydrogens is 247 g/mol. The highest BCUT2D eigenvalue weighted by Gasteiger charge is 2.35. The molecule has 6 heteroatoms. The van der Waals surface area contributed by atoms with Gasteiger partial charge in [-0.2, -0.15) is 5.26 Å². The van der Waals surface area contributed by atoms with E-state index in [1.807, 2.05) is 11.0 Å². The fourth-order valence-electron chi connectivity index (χ4n) is 2.66. The lowest BCUT2D eigenvalue weighted by atomic mass is 10.1. The first-order valence-electron chi connectivity index (χ1n) is 6.17. The summed E-state index contributed by atoms with van der Waals surface area (Å²) < 4.78 is 13.4. The van der Waals surface area contributed by atoms with Crippen LogP contribution in [0.2, 0.25) is 0 Å². The number of nitrogens with one attached hydrogen (secondary N) is 1. The Kier molecular flexibility index (Phi) is 2.75. The smallest absolute Gasteiger partial charge is 0.317 e. The Labute approximate surface area is 110 Å². The zero-order valence-corrected chi connectivity index (χ0v) is 10.3. The van der Waals surface area contributed by atoms with Crippen LogP contribution in [-0.2, 0) is 0 Å². The molecule has 1 aromatic rings. The van der Waals surface area contributed by atoms with Gasteiger partial charge in [-0.25, -0.2) is 9.18 Å². The van der Waals surface area contributed by atoms with Gasteiger partial charge in [0.15, 0.2) is 0 Å². The third-order valence-corrected chi connectivity index (χ3v) is 3.61. The van der Waals surface area contributed by atoms with Crippen LogP contribution in [0.25, 0.3) is 0 Å². The predicted molar refractivity (Wildman–Crippen MR) is 67.2 cm³/mol. The van der Waals surface area contributed by atoms with Crippen molar-refractivity contribution in [2.45, 2.75) is 6.04 Å². The molecule has 2 aliphatic rings. The molecule has 5 nitrogen and oxygen atoms in total. The molecule has 19 heavy (non-hydrogen) atoms. The van der Waals surface area contributed by atoms with Gasteiger partial charge in [0.05, 0.1) is 17.7 Å². The van der Waals surface area contributed by atoms with Crippen LogP contribution in [0.5, 0.6) is 0 Å². The first-order chi connectivity index (χ1) is 9.17. The van der Waals surface area contributed by atoms with E-state index in [0.29, 0.717) is 37.4 Å². The van der Waals surface area contributed by atoms with E-state index in [1.165, 1.54) is 12.1 Å². The molecule has 1 atom stereocenters. The summed E-state index contributed by atoms with van der Waals surface area (Å²) >= 11 is 0. The van der Waals surface area contributed by atoms with Gasteiger partial charge in [0, 0.05) is 31.9 Å². The summed E-state index contributed by atoms with van der Waals surface area (Å²) in [6.45, 7) is 2.55.